The molecule has 0 aromatic heterocycles. The van der Waals surface area contributed by atoms with Crippen molar-refractivity contribution in [2.75, 3.05) is 13.3 Å². The molecule has 1 atom stereocenters. The number of carbonyl (C=O) groups excluding carboxylic acids is 1. The van der Waals surface area contributed by atoms with Crippen LogP contribution in [0.25, 0.3) is 0 Å². The number of hydrogen-bond donors (Lipinski definition) is 2. The van der Waals surface area contributed by atoms with Gasteiger partial charge in [0.25, 0.3) is 7.48 Å². The van der Waals surface area contributed by atoms with Crippen molar-refractivity contribution in [1.82, 2.24) is 5.32 Å². The van der Waals surface area contributed by atoms with Crippen LogP contribution in [-0.2, 0) is 9.45 Å². The maximum atomic E-state index is 11.1. The molecule has 0 radical (unpaired) electrons. The summed E-state index contributed by atoms with van der Waals surface area (Å²) in [5.41, 5.74) is 5.14. The number of piperidine rings is 1. The first kappa shape index (κ1) is 8.55. The Labute approximate surface area is 66.7 Å². The van der Waals surface area contributed by atoms with Crippen LogP contribution in [0.3, 0.4) is 0 Å². The quantitative estimate of drug-likeness (QED) is 0.405. The molecule has 11 heavy (non-hydrogen) atoms. The largest absolute Gasteiger partial charge is 0.427 e. The molecule has 1 saturated heterocycles. The average molecular weight is 156 g/mol. The van der Waals surface area contributed by atoms with Gasteiger partial charge in [-0.2, -0.15) is 0 Å². The average Bonchev–Trinajstić information content (AvgIpc) is 2.03. The van der Waals surface area contributed by atoms with Gasteiger partial charge in [0.05, 0.1) is 6.73 Å². The van der Waals surface area contributed by atoms with Gasteiger partial charge in [0.2, 0.25) is 5.91 Å². The molecule has 4 nitrogen and oxygen atoms in total. The van der Waals surface area contributed by atoms with Crippen molar-refractivity contribution in [3.8, 4) is 0 Å². The molecule has 3 N–H and O–H groups in total. The standard InChI is InChI=1S/C6H13BN2O2/c8-4-11-7-5-2-1-3-9-6(5)10/h5,7H,1-4,8H2,(H,9,10). The van der Waals surface area contributed by atoms with E-state index in [4.69, 9.17) is 10.4 Å². The van der Waals surface area contributed by atoms with Crippen LogP contribution in [0, 0.1) is 0 Å². The molecule has 0 spiro atoms. The molecule has 1 fully saturated rings. The Morgan fingerprint density at radius 1 is 1.82 bits per heavy atom. The monoisotopic (exact) mass is 156 g/mol. The van der Waals surface area contributed by atoms with E-state index in [2.05, 4.69) is 5.32 Å². The molecule has 5 heteroatoms. The topological polar surface area (TPSA) is 64.3 Å². The molecule has 0 aromatic carbocycles. The summed E-state index contributed by atoms with van der Waals surface area (Å²) in [4.78, 5) is 11.1. The molecule has 1 aliphatic rings. The molecular formula is C6H13BN2O2. The molecule has 0 saturated carbocycles. The minimum absolute atomic E-state index is 0.0206. The van der Waals surface area contributed by atoms with Gasteiger partial charge in [-0.15, -0.1) is 0 Å². The number of nitrogens with one attached hydrogen (secondary N) is 1. The van der Waals surface area contributed by atoms with E-state index in [1.807, 2.05) is 0 Å². The summed E-state index contributed by atoms with van der Waals surface area (Å²) in [6, 6.07) is 0. The fourth-order valence-electron chi connectivity index (χ4n) is 1.20. The summed E-state index contributed by atoms with van der Waals surface area (Å²) in [7, 11) is 0.461. The van der Waals surface area contributed by atoms with E-state index in [-0.39, 0.29) is 18.5 Å². The highest BCUT2D eigenvalue weighted by Crippen LogP contribution is 2.15. The van der Waals surface area contributed by atoms with E-state index in [1.54, 1.807) is 0 Å². The summed E-state index contributed by atoms with van der Waals surface area (Å²) in [6.45, 7) is 1.00. The van der Waals surface area contributed by atoms with Crippen molar-refractivity contribution >= 4 is 13.4 Å². The highest BCUT2D eigenvalue weighted by Gasteiger charge is 2.23. The lowest BCUT2D eigenvalue weighted by atomic mass is 9.74. The molecular weight excluding hydrogens is 143 g/mol. The Morgan fingerprint density at radius 2 is 2.64 bits per heavy atom. The van der Waals surface area contributed by atoms with E-state index in [0.29, 0.717) is 7.48 Å². The van der Waals surface area contributed by atoms with Gasteiger partial charge in [0.1, 0.15) is 0 Å². The van der Waals surface area contributed by atoms with Crippen LogP contribution in [0.4, 0.5) is 0 Å². The third-order valence-electron chi connectivity index (χ3n) is 1.84. The normalized spacial score (nSPS) is 24.5. The van der Waals surface area contributed by atoms with E-state index in [0.717, 1.165) is 19.4 Å². The molecule has 0 aliphatic carbocycles. The molecule has 1 rings (SSSR count). The second-order valence-corrected chi connectivity index (χ2v) is 2.67. The van der Waals surface area contributed by atoms with Crippen molar-refractivity contribution in [3.63, 3.8) is 0 Å². The maximum Gasteiger partial charge on any atom is 0.289 e. The maximum absolute atomic E-state index is 11.1. The zero-order valence-electron chi connectivity index (χ0n) is 6.51. The number of amides is 1. The number of rotatable bonds is 3. The van der Waals surface area contributed by atoms with Gasteiger partial charge < -0.3 is 15.7 Å². The van der Waals surface area contributed by atoms with E-state index in [1.165, 1.54) is 0 Å². The van der Waals surface area contributed by atoms with Crippen molar-refractivity contribution in [3.05, 3.63) is 0 Å². The first-order valence-electron chi connectivity index (χ1n) is 3.90. The Kier molecular flexibility index (Phi) is 3.39. The third-order valence-corrected chi connectivity index (χ3v) is 1.84. The van der Waals surface area contributed by atoms with Gasteiger partial charge in [0, 0.05) is 12.4 Å². The van der Waals surface area contributed by atoms with Crippen LogP contribution >= 0.6 is 0 Å². The fourth-order valence-corrected chi connectivity index (χ4v) is 1.20. The van der Waals surface area contributed by atoms with Crippen molar-refractivity contribution < 1.29 is 9.45 Å². The second-order valence-electron chi connectivity index (χ2n) is 2.67. The lowest BCUT2D eigenvalue weighted by molar-refractivity contribution is -0.122. The van der Waals surface area contributed by atoms with Crippen molar-refractivity contribution in [2.45, 2.75) is 18.7 Å². The van der Waals surface area contributed by atoms with E-state index in [9.17, 15) is 4.79 Å². The van der Waals surface area contributed by atoms with Crippen LogP contribution in [-0.4, -0.2) is 26.7 Å². The van der Waals surface area contributed by atoms with Gasteiger partial charge >= 0.3 is 0 Å². The number of hydrogen-bond acceptors (Lipinski definition) is 3. The van der Waals surface area contributed by atoms with Crippen molar-refractivity contribution in [1.29, 1.82) is 0 Å². The highest BCUT2D eigenvalue weighted by atomic mass is 16.4. The first-order chi connectivity index (χ1) is 5.34. The molecule has 1 amide bonds. The molecule has 1 heterocycles. The molecule has 0 bridgehead atoms. The second kappa shape index (κ2) is 4.36. The molecule has 1 unspecified atom stereocenters. The Morgan fingerprint density at radius 3 is 3.27 bits per heavy atom. The molecule has 1 aliphatic heterocycles. The molecule has 62 valence electrons. The predicted octanol–water partition coefficient (Wildman–Crippen LogP) is -1.03. The fraction of sp³-hybridized carbons (Fsp3) is 0.833. The lowest BCUT2D eigenvalue weighted by Gasteiger charge is -2.19. The van der Waals surface area contributed by atoms with Gasteiger partial charge in [-0.25, -0.2) is 0 Å². The first-order valence-corrected chi connectivity index (χ1v) is 3.90. The zero-order valence-corrected chi connectivity index (χ0v) is 6.51. The minimum atomic E-state index is 0.0206. The summed E-state index contributed by atoms with van der Waals surface area (Å²) < 4.78 is 4.96. The van der Waals surface area contributed by atoms with Gasteiger partial charge in [-0.1, -0.05) is 0 Å². The Hall–Kier alpha value is -0.545. The van der Waals surface area contributed by atoms with Crippen LogP contribution in [0.5, 0.6) is 0 Å². The van der Waals surface area contributed by atoms with Gasteiger partial charge in [-0.3, -0.25) is 4.79 Å². The lowest BCUT2D eigenvalue weighted by Crippen LogP contribution is -2.36. The number of carbonyl (C=O) groups is 1. The SMILES string of the molecule is NCOBC1CCCNC1=O. The van der Waals surface area contributed by atoms with Crippen LogP contribution in [0.1, 0.15) is 12.8 Å². The van der Waals surface area contributed by atoms with E-state index >= 15 is 0 Å². The number of nitrogens with two attached hydrogens (primary N) is 1. The summed E-state index contributed by atoms with van der Waals surface area (Å²) in [5, 5.41) is 2.78. The Bertz CT molecular complexity index is 143. The van der Waals surface area contributed by atoms with Gasteiger partial charge in [-0.05, 0) is 12.8 Å². The predicted molar refractivity (Wildman–Crippen MR) is 43.3 cm³/mol. The Balaban J connectivity index is 2.24. The summed E-state index contributed by atoms with van der Waals surface area (Å²) in [6.07, 6.45) is 1.97. The van der Waals surface area contributed by atoms with E-state index < -0.39 is 0 Å². The summed E-state index contributed by atoms with van der Waals surface area (Å²) >= 11 is 0. The summed E-state index contributed by atoms with van der Waals surface area (Å²) in [5.74, 6) is 0.122. The van der Waals surface area contributed by atoms with Crippen molar-refractivity contribution in [2.24, 2.45) is 5.73 Å². The van der Waals surface area contributed by atoms with Crippen LogP contribution in [0.15, 0.2) is 0 Å². The van der Waals surface area contributed by atoms with Gasteiger partial charge in [0.15, 0.2) is 0 Å². The van der Waals surface area contributed by atoms with Crippen LogP contribution < -0.4 is 11.1 Å². The zero-order chi connectivity index (χ0) is 8.10. The highest BCUT2D eigenvalue weighted by molar-refractivity contribution is 6.37. The van der Waals surface area contributed by atoms with Crippen LogP contribution in [0.2, 0.25) is 5.82 Å². The molecule has 0 aromatic rings. The third kappa shape index (κ3) is 2.51. The minimum Gasteiger partial charge on any atom is -0.427 e. The smallest absolute Gasteiger partial charge is 0.289 e.